The number of amides is 1. The molecule has 34 heavy (non-hydrogen) atoms. The lowest BCUT2D eigenvalue weighted by atomic mass is 9.78. The van der Waals surface area contributed by atoms with Crippen LogP contribution < -0.4 is 14.4 Å². The lowest BCUT2D eigenvalue weighted by Crippen LogP contribution is -2.50. The molecule has 5 rings (SSSR count). The maximum Gasteiger partial charge on any atom is 0.317 e. The van der Waals surface area contributed by atoms with E-state index in [1.165, 1.54) is 0 Å². The number of ether oxygens (including phenoxy) is 3. The standard InChI is InChI=1S/C26H29ClN2O5/c27-20-4-3-5-21(17-20)28-10-12-29(13-11-28)24(30)18-34-25(31)26(8-1-2-9-26)19-6-7-22-23(16-19)33-15-14-32-22/h3-7,16-17H,1-2,8-15,18H2. The zero-order valence-electron chi connectivity index (χ0n) is 19.1. The molecule has 0 spiro atoms. The van der Waals surface area contributed by atoms with Crippen LogP contribution >= 0.6 is 11.6 Å². The van der Waals surface area contributed by atoms with Crippen molar-refractivity contribution in [1.82, 2.24) is 4.90 Å². The van der Waals surface area contributed by atoms with E-state index in [-0.39, 0.29) is 18.5 Å². The number of piperazine rings is 1. The molecule has 2 aromatic rings. The van der Waals surface area contributed by atoms with Crippen molar-refractivity contribution in [3.8, 4) is 11.5 Å². The molecule has 2 fully saturated rings. The topological polar surface area (TPSA) is 68.3 Å². The van der Waals surface area contributed by atoms with Crippen molar-refractivity contribution in [3.63, 3.8) is 0 Å². The maximum absolute atomic E-state index is 13.3. The summed E-state index contributed by atoms with van der Waals surface area (Å²) < 4.78 is 17.0. The minimum absolute atomic E-state index is 0.158. The Hall–Kier alpha value is -2.93. The number of rotatable bonds is 5. The van der Waals surface area contributed by atoms with Gasteiger partial charge in [-0.05, 0) is 48.7 Å². The average Bonchev–Trinajstić information content (AvgIpc) is 3.38. The number of esters is 1. The summed E-state index contributed by atoms with van der Waals surface area (Å²) in [5.74, 6) is 0.877. The van der Waals surface area contributed by atoms with Crippen molar-refractivity contribution >= 4 is 29.2 Å². The molecule has 1 aliphatic carbocycles. The molecule has 3 aliphatic rings. The number of carbonyl (C=O) groups is 2. The number of hydrogen-bond donors (Lipinski definition) is 0. The first-order valence-electron chi connectivity index (χ1n) is 11.9. The van der Waals surface area contributed by atoms with Crippen molar-refractivity contribution < 1.29 is 23.8 Å². The number of hydrogen-bond acceptors (Lipinski definition) is 6. The number of anilines is 1. The van der Waals surface area contributed by atoms with E-state index in [9.17, 15) is 9.59 Å². The van der Waals surface area contributed by atoms with Gasteiger partial charge in [-0.3, -0.25) is 9.59 Å². The molecule has 0 N–H and O–H groups in total. The van der Waals surface area contributed by atoms with E-state index in [0.717, 1.165) is 24.1 Å². The molecule has 0 atom stereocenters. The van der Waals surface area contributed by atoms with Gasteiger partial charge in [-0.2, -0.15) is 0 Å². The Balaban J connectivity index is 1.20. The molecule has 0 bridgehead atoms. The molecule has 2 aliphatic heterocycles. The van der Waals surface area contributed by atoms with E-state index in [4.69, 9.17) is 25.8 Å². The fraction of sp³-hybridized carbons (Fsp3) is 0.462. The van der Waals surface area contributed by atoms with Gasteiger partial charge in [0.25, 0.3) is 5.91 Å². The summed E-state index contributed by atoms with van der Waals surface area (Å²) in [6, 6.07) is 13.4. The van der Waals surface area contributed by atoms with E-state index in [2.05, 4.69) is 4.90 Å². The van der Waals surface area contributed by atoms with Gasteiger partial charge in [0.2, 0.25) is 0 Å². The van der Waals surface area contributed by atoms with Gasteiger partial charge in [0.15, 0.2) is 18.1 Å². The van der Waals surface area contributed by atoms with Crippen molar-refractivity contribution in [2.24, 2.45) is 0 Å². The molecule has 8 heteroatoms. The minimum atomic E-state index is -0.735. The highest BCUT2D eigenvalue weighted by atomic mass is 35.5. The van der Waals surface area contributed by atoms with Crippen molar-refractivity contribution in [1.29, 1.82) is 0 Å². The third-order valence-corrected chi connectivity index (χ3v) is 7.31. The Morgan fingerprint density at radius 3 is 2.41 bits per heavy atom. The predicted octanol–water partition coefficient (Wildman–Crippen LogP) is 3.82. The Kier molecular flexibility index (Phi) is 6.55. The van der Waals surface area contributed by atoms with Crippen molar-refractivity contribution in [2.75, 3.05) is 50.9 Å². The lowest BCUT2D eigenvalue weighted by molar-refractivity contribution is -0.157. The van der Waals surface area contributed by atoms with E-state index in [1.807, 2.05) is 42.5 Å². The van der Waals surface area contributed by atoms with Crippen LogP contribution in [0.1, 0.15) is 31.2 Å². The second-order valence-corrected chi connectivity index (χ2v) is 9.51. The first-order chi connectivity index (χ1) is 16.5. The second kappa shape index (κ2) is 9.74. The quantitative estimate of drug-likeness (QED) is 0.601. The third-order valence-electron chi connectivity index (χ3n) is 7.08. The second-order valence-electron chi connectivity index (χ2n) is 9.07. The van der Waals surface area contributed by atoms with Gasteiger partial charge >= 0.3 is 5.97 Å². The van der Waals surface area contributed by atoms with Crippen LogP contribution in [0.2, 0.25) is 5.02 Å². The molecule has 0 unspecified atom stereocenters. The lowest BCUT2D eigenvalue weighted by Gasteiger charge is -2.36. The molecule has 2 heterocycles. The zero-order chi connectivity index (χ0) is 23.5. The molecular weight excluding hydrogens is 456 g/mol. The maximum atomic E-state index is 13.3. The molecule has 7 nitrogen and oxygen atoms in total. The van der Waals surface area contributed by atoms with Crippen LogP contribution in [-0.4, -0.2) is 62.8 Å². The van der Waals surface area contributed by atoms with Crippen molar-refractivity contribution in [2.45, 2.75) is 31.1 Å². The molecule has 1 saturated carbocycles. The predicted molar refractivity (Wildman–Crippen MR) is 129 cm³/mol. The van der Waals surface area contributed by atoms with Crippen LogP contribution in [0.4, 0.5) is 5.69 Å². The van der Waals surface area contributed by atoms with Gasteiger partial charge in [-0.25, -0.2) is 0 Å². The van der Waals surface area contributed by atoms with Gasteiger partial charge < -0.3 is 24.0 Å². The van der Waals surface area contributed by atoms with E-state index < -0.39 is 5.41 Å². The Morgan fingerprint density at radius 1 is 0.941 bits per heavy atom. The van der Waals surface area contributed by atoms with Crippen LogP contribution in [0.5, 0.6) is 11.5 Å². The molecule has 180 valence electrons. The number of nitrogens with zero attached hydrogens (tertiary/aromatic N) is 2. The van der Waals surface area contributed by atoms with Crippen LogP contribution in [-0.2, 0) is 19.7 Å². The van der Waals surface area contributed by atoms with Gasteiger partial charge in [-0.1, -0.05) is 36.6 Å². The monoisotopic (exact) mass is 484 g/mol. The summed E-state index contributed by atoms with van der Waals surface area (Å²) in [4.78, 5) is 30.1. The molecule has 0 radical (unpaired) electrons. The molecule has 1 saturated heterocycles. The van der Waals surface area contributed by atoms with Gasteiger partial charge in [-0.15, -0.1) is 0 Å². The normalized spacial score (nSPS) is 19.1. The number of fused-ring (bicyclic) bond motifs is 1. The fourth-order valence-corrected chi connectivity index (χ4v) is 5.36. The molecule has 2 aromatic carbocycles. The highest BCUT2D eigenvalue weighted by molar-refractivity contribution is 6.30. The number of carbonyl (C=O) groups excluding carboxylic acids is 2. The first-order valence-corrected chi connectivity index (χ1v) is 12.3. The number of halogens is 1. The van der Waals surface area contributed by atoms with Crippen LogP contribution in [0, 0.1) is 0 Å². The summed E-state index contributed by atoms with van der Waals surface area (Å²) in [5.41, 5.74) is 1.19. The largest absolute Gasteiger partial charge is 0.486 e. The smallest absolute Gasteiger partial charge is 0.317 e. The Bertz CT molecular complexity index is 1060. The molecule has 1 amide bonds. The Labute approximate surface area is 204 Å². The van der Waals surface area contributed by atoms with Crippen molar-refractivity contribution in [3.05, 3.63) is 53.1 Å². The SMILES string of the molecule is O=C(COC(=O)C1(c2ccc3c(c2)OCCO3)CCCC1)N1CCN(c2cccc(Cl)c2)CC1. The summed E-state index contributed by atoms with van der Waals surface area (Å²) in [6.45, 7) is 3.36. The fourth-order valence-electron chi connectivity index (χ4n) is 5.17. The highest BCUT2D eigenvalue weighted by Crippen LogP contribution is 2.45. The summed E-state index contributed by atoms with van der Waals surface area (Å²) in [6.07, 6.45) is 3.31. The average molecular weight is 485 g/mol. The van der Waals surface area contributed by atoms with E-state index in [1.54, 1.807) is 4.90 Å². The minimum Gasteiger partial charge on any atom is -0.486 e. The van der Waals surface area contributed by atoms with E-state index >= 15 is 0 Å². The summed E-state index contributed by atoms with van der Waals surface area (Å²) in [5, 5.41) is 0.696. The van der Waals surface area contributed by atoms with Gasteiger partial charge in [0, 0.05) is 36.9 Å². The highest BCUT2D eigenvalue weighted by Gasteiger charge is 2.45. The van der Waals surface area contributed by atoms with Gasteiger partial charge in [0.05, 0.1) is 5.41 Å². The third kappa shape index (κ3) is 4.53. The van der Waals surface area contributed by atoms with Gasteiger partial charge in [0.1, 0.15) is 13.2 Å². The zero-order valence-corrected chi connectivity index (χ0v) is 19.9. The summed E-state index contributed by atoms with van der Waals surface area (Å²) >= 11 is 6.11. The van der Waals surface area contributed by atoms with E-state index in [0.29, 0.717) is 68.8 Å². The Morgan fingerprint density at radius 2 is 1.68 bits per heavy atom. The number of benzene rings is 2. The van der Waals surface area contributed by atoms with Crippen LogP contribution in [0.25, 0.3) is 0 Å². The van der Waals surface area contributed by atoms with Crippen LogP contribution in [0.15, 0.2) is 42.5 Å². The summed E-state index contributed by atoms with van der Waals surface area (Å²) in [7, 11) is 0. The molecular formula is C26H29ClN2O5. The molecule has 0 aromatic heterocycles. The van der Waals surface area contributed by atoms with Crippen LogP contribution in [0.3, 0.4) is 0 Å². The first kappa shape index (κ1) is 22.8.